The first-order valence-corrected chi connectivity index (χ1v) is 5.74. The van der Waals surface area contributed by atoms with E-state index >= 15 is 0 Å². The maximum absolute atomic E-state index is 13.3. The van der Waals surface area contributed by atoms with Crippen LogP contribution in [0.5, 0.6) is 0 Å². The standard InChI is InChI=1S/C14H18F2O/c1-14(2,3)9-10(17)7-8-11-12(15)5-4-6-13(11)16/h4-6H,7-9H2,1-3H3. The smallest absolute Gasteiger partial charge is 0.133 e. The van der Waals surface area contributed by atoms with Crippen LogP contribution in [0.25, 0.3) is 0 Å². The Morgan fingerprint density at radius 3 is 2.18 bits per heavy atom. The predicted molar refractivity (Wildman–Crippen MR) is 63.8 cm³/mol. The van der Waals surface area contributed by atoms with Crippen molar-refractivity contribution in [3.63, 3.8) is 0 Å². The molecule has 0 fully saturated rings. The Balaban J connectivity index is 2.59. The third kappa shape index (κ3) is 4.63. The zero-order valence-electron chi connectivity index (χ0n) is 10.5. The van der Waals surface area contributed by atoms with Crippen LogP contribution in [0.1, 0.15) is 39.2 Å². The van der Waals surface area contributed by atoms with Gasteiger partial charge in [0.05, 0.1) is 0 Å². The lowest BCUT2D eigenvalue weighted by atomic mass is 9.88. The molecule has 1 aromatic rings. The van der Waals surface area contributed by atoms with Crippen molar-refractivity contribution in [3.05, 3.63) is 35.4 Å². The van der Waals surface area contributed by atoms with E-state index in [9.17, 15) is 13.6 Å². The van der Waals surface area contributed by atoms with Crippen molar-refractivity contribution in [1.29, 1.82) is 0 Å². The number of ketones is 1. The van der Waals surface area contributed by atoms with Crippen LogP contribution in [-0.4, -0.2) is 5.78 Å². The molecule has 0 aromatic heterocycles. The number of Topliss-reactive ketones (excluding diaryl/α,β-unsaturated/α-hetero) is 1. The van der Waals surface area contributed by atoms with Crippen molar-refractivity contribution < 1.29 is 13.6 Å². The Hall–Kier alpha value is -1.25. The summed E-state index contributed by atoms with van der Waals surface area (Å²) in [4.78, 5) is 11.6. The second kappa shape index (κ2) is 5.39. The lowest BCUT2D eigenvalue weighted by Gasteiger charge is -2.16. The number of hydrogen-bond donors (Lipinski definition) is 0. The number of halogens is 2. The summed E-state index contributed by atoms with van der Waals surface area (Å²) in [5, 5.41) is 0. The molecule has 0 bridgehead atoms. The van der Waals surface area contributed by atoms with Gasteiger partial charge in [-0.2, -0.15) is 0 Å². The molecule has 0 unspecified atom stereocenters. The van der Waals surface area contributed by atoms with Gasteiger partial charge in [0.25, 0.3) is 0 Å². The molecule has 0 saturated carbocycles. The van der Waals surface area contributed by atoms with Crippen molar-refractivity contribution in [2.45, 2.75) is 40.0 Å². The highest BCUT2D eigenvalue weighted by molar-refractivity contribution is 5.79. The number of rotatable bonds is 4. The first kappa shape index (κ1) is 13.8. The Morgan fingerprint density at radius 1 is 1.18 bits per heavy atom. The lowest BCUT2D eigenvalue weighted by Crippen LogP contribution is -2.13. The molecule has 0 N–H and O–H groups in total. The highest BCUT2D eigenvalue weighted by Crippen LogP contribution is 2.21. The van der Waals surface area contributed by atoms with E-state index in [1.165, 1.54) is 18.2 Å². The molecule has 3 heteroatoms. The van der Waals surface area contributed by atoms with Gasteiger partial charge in [0.15, 0.2) is 0 Å². The topological polar surface area (TPSA) is 17.1 Å². The van der Waals surface area contributed by atoms with Gasteiger partial charge in [0, 0.05) is 18.4 Å². The maximum Gasteiger partial charge on any atom is 0.133 e. The average molecular weight is 240 g/mol. The van der Waals surface area contributed by atoms with Crippen LogP contribution >= 0.6 is 0 Å². The summed E-state index contributed by atoms with van der Waals surface area (Å²) in [6.07, 6.45) is 0.756. The highest BCUT2D eigenvalue weighted by atomic mass is 19.1. The van der Waals surface area contributed by atoms with E-state index in [1.807, 2.05) is 20.8 Å². The van der Waals surface area contributed by atoms with Crippen molar-refractivity contribution in [2.75, 3.05) is 0 Å². The molecule has 0 saturated heterocycles. The summed E-state index contributed by atoms with van der Waals surface area (Å²) >= 11 is 0. The van der Waals surface area contributed by atoms with Crippen LogP contribution in [-0.2, 0) is 11.2 Å². The quantitative estimate of drug-likeness (QED) is 0.780. The summed E-state index contributed by atoms with van der Waals surface area (Å²) in [5.41, 5.74) is -0.0695. The Bertz CT molecular complexity index is 385. The molecule has 0 radical (unpaired) electrons. The van der Waals surface area contributed by atoms with Gasteiger partial charge in [-0.1, -0.05) is 26.8 Å². The van der Waals surface area contributed by atoms with Crippen LogP contribution in [0.15, 0.2) is 18.2 Å². The molecule has 0 aliphatic heterocycles. The predicted octanol–water partition coefficient (Wildman–Crippen LogP) is 3.90. The van der Waals surface area contributed by atoms with Gasteiger partial charge in [-0.25, -0.2) is 8.78 Å². The minimum atomic E-state index is -0.575. The Morgan fingerprint density at radius 2 is 1.71 bits per heavy atom. The number of carbonyl (C=O) groups is 1. The monoisotopic (exact) mass is 240 g/mol. The van der Waals surface area contributed by atoms with Gasteiger partial charge in [-0.3, -0.25) is 4.79 Å². The first-order chi connectivity index (χ1) is 7.79. The normalized spacial score (nSPS) is 11.6. The lowest BCUT2D eigenvalue weighted by molar-refractivity contribution is -0.120. The molecule has 0 atom stereocenters. The average Bonchev–Trinajstić information content (AvgIpc) is 2.14. The molecule has 94 valence electrons. The molecule has 0 aliphatic carbocycles. The minimum absolute atomic E-state index is 0.00904. The van der Waals surface area contributed by atoms with Gasteiger partial charge >= 0.3 is 0 Å². The molecule has 1 rings (SSSR count). The van der Waals surface area contributed by atoms with Crippen LogP contribution in [0, 0.1) is 17.0 Å². The van der Waals surface area contributed by atoms with Crippen molar-refractivity contribution in [3.8, 4) is 0 Å². The van der Waals surface area contributed by atoms with Gasteiger partial charge < -0.3 is 0 Å². The fraction of sp³-hybridized carbons (Fsp3) is 0.500. The number of benzene rings is 1. The molecule has 0 amide bonds. The minimum Gasteiger partial charge on any atom is -0.300 e. The second-order valence-corrected chi connectivity index (χ2v) is 5.48. The molecule has 1 aromatic carbocycles. The first-order valence-electron chi connectivity index (χ1n) is 5.74. The Labute approximate surface area is 101 Å². The van der Waals surface area contributed by atoms with E-state index in [4.69, 9.17) is 0 Å². The highest BCUT2D eigenvalue weighted by Gasteiger charge is 2.17. The van der Waals surface area contributed by atoms with E-state index in [1.54, 1.807) is 0 Å². The summed E-state index contributed by atoms with van der Waals surface area (Å²) < 4.78 is 26.6. The van der Waals surface area contributed by atoms with Crippen LogP contribution in [0.2, 0.25) is 0 Å². The van der Waals surface area contributed by atoms with Crippen LogP contribution in [0.4, 0.5) is 8.78 Å². The van der Waals surface area contributed by atoms with E-state index < -0.39 is 11.6 Å². The van der Waals surface area contributed by atoms with Gasteiger partial charge in [-0.05, 0) is 24.0 Å². The van der Waals surface area contributed by atoms with Crippen LogP contribution < -0.4 is 0 Å². The fourth-order valence-electron chi connectivity index (χ4n) is 1.72. The summed E-state index contributed by atoms with van der Waals surface area (Å²) in [6, 6.07) is 3.75. The molecule has 17 heavy (non-hydrogen) atoms. The largest absolute Gasteiger partial charge is 0.300 e. The van der Waals surface area contributed by atoms with Gasteiger partial charge in [0.2, 0.25) is 0 Å². The van der Waals surface area contributed by atoms with Gasteiger partial charge in [-0.15, -0.1) is 0 Å². The van der Waals surface area contributed by atoms with Crippen molar-refractivity contribution in [1.82, 2.24) is 0 Å². The summed E-state index contributed by atoms with van der Waals surface area (Å²) in [6.45, 7) is 5.90. The SMILES string of the molecule is CC(C)(C)CC(=O)CCc1c(F)cccc1F. The zero-order valence-corrected chi connectivity index (χ0v) is 10.5. The zero-order chi connectivity index (χ0) is 13.1. The second-order valence-electron chi connectivity index (χ2n) is 5.48. The van der Waals surface area contributed by atoms with Gasteiger partial charge in [0.1, 0.15) is 17.4 Å². The molecule has 0 aliphatic rings. The van der Waals surface area contributed by atoms with E-state index in [2.05, 4.69) is 0 Å². The van der Waals surface area contributed by atoms with E-state index in [0.717, 1.165) is 0 Å². The van der Waals surface area contributed by atoms with Crippen molar-refractivity contribution in [2.24, 2.45) is 5.41 Å². The molecular weight excluding hydrogens is 222 g/mol. The van der Waals surface area contributed by atoms with Crippen LogP contribution in [0.3, 0.4) is 0 Å². The molecule has 0 spiro atoms. The van der Waals surface area contributed by atoms with Crippen molar-refractivity contribution >= 4 is 5.78 Å². The Kier molecular flexibility index (Phi) is 4.38. The maximum atomic E-state index is 13.3. The summed E-state index contributed by atoms with van der Waals surface area (Å²) in [7, 11) is 0. The van der Waals surface area contributed by atoms with E-state index in [0.29, 0.717) is 6.42 Å². The third-order valence-electron chi connectivity index (χ3n) is 2.44. The number of carbonyl (C=O) groups excluding carboxylic acids is 1. The third-order valence-corrected chi connectivity index (χ3v) is 2.44. The fourth-order valence-corrected chi connectivity index (χ4v) is 1.72. The summed E-state index contributed by atoms with van der Waals surface area (Å²) in [5.74, 6) is -1.11. The molecule has 0 heterocycles. The number of hydrogen-bond acceptors (Lipinski definition) is 1. The molecular formula is C14H18F2O. The van der Waals surface area contributed by atoms with E-state index in [-0.39, 0.29) is 29.6 Å². The molecule has 1 nitrogen and oxygen atoms in total.